The number of nitro benzene ring substituents is 1. The molecule has 0 saturated carbocycles. The van der Waals surface area contributed by atoms with Crippen molar-refractivity contribution in [1.82, 2.24) is 0 Å². The van der Waals surface area contributed by atoms with E-state index < -0.39 is 16.9 Å². The molecule has 0 fully saturated rings. The van der Waals surface area contributed by atoms with Gasteiger partial charge in [-0.15, -0.1) is 0 Å². The first-order chi connectivity index (χ1) is 12.0. The number of carbonyl (C=O) groups excluding carboxylic acids is 2. The van der Waals surface area contributed by atoms with Gasteiger partial charge in [-0.3, -0.25) is 10.1 Å². The van der Waals surface area contributed by atoms with Crippen molar-refractivity contribution in [2.24, 2.45) is 0 Å². The van der Waals surface area contributed by atoms with E-state index in [2.05, 4.69) is 0 Å². The molecule has 8 nitrogen and oxygen atoms in total. The summed E-state index contributed by atoms with van der Waals surface area (Å²) in [7, 11) is 1.49. The molecule has 130 valence electrons. The lowest BCUT2D eigenvalue weighted by Gasteiger charge is -2.07. The highest BCUT2D eigenvalue weighted by molar-refractivity contribution is 5.93. The zero-order chi connectivity index (χ0) is 18.2. The van der Waals surface area contributed by atoms with E-state index in [1.165, 1.54) is 49.6 Å². The lowest BCUT2D eigenvalue weighted by Crippen LogP contribution is -2.11. The van der Waals surface area contributed by atoms with Gasteiger partial charge in [0.1, 0.15) is 12.4 Å². The fourth-order valence-corrected chi connectivity index (χ4v) is 1.90. The van der Waals surface area contributed by atoms with Gasteiger partial charge in [0.05, 0.1) is 22.7 Å². The van der Waals surface area contributed by atoms with Gasteiger partial charge < -0.3 is 14.2 Å². The van der Waals surface area contributed by atoms with E-state index in [1.807, 2.05) is 0 Å². The van der Waals surface area contributed by atoms with Gasteiger partial charge in [0, 0.05) is 19.2 Å². The van der Waals surface area contributed by atoms with Gasteiger partial charge in [-0.25, -0.2) is 9.59 Å². The molecule has 0 radical (unpaired) electrons. The number of esters is 2. The number of methoxy groups -OCH3 is 1. The van der Waals surface area contributed by atoms with Crippen LogP contribution in [0.25, 0.3) is 0 Å². The Morgan fingerprint density at radius 3 is 2.36 bits per heavy atom. The van der Waals surface area contributed by atoms with Crippen molar-refractivity contribution in [2.45, 2.75) is 0 Å². The molecule has 0 aromatic heterocycles. The summed E-state index contributed by atoms with van der Waals surface area (Å²) in [5, 5.41) is 10.8. The predicted octanol–water partition coefficient (Wildman–Crippen LogP) is 2.62. The molecule has 0 aliphatic heterocycles. The summed E-state index contributed by atoms with van der Waals surface area (Å²) < 4.78 is 14.9. The number of nitrogens with zero attached hydrogens (tertiary/aromatic N) is 1. The van der Waals surface area contributed by atoms with Gasteiger partial charge >= 0.3 is 11.9 Å². The molecule has 2 rings (SSSR count). The maximum absolute atomic E-state index is 12.1. The van der Waals surface area contributed by atoms with Crippen LogP contribution in [0.4, 0.5) is 5.69 Å². The average Bonchev–Trinajstić information content (AvgIpc) is 2.62. The molecule has 0 bridgehead atoms. The number of ether oxygens (including phenoxy) is 3. The molecule has 0 atom stereocenters. The highest BCUT2D eigenvalue weighted by atomic mass is 16.6. The van der Waals surface area contributed by atoms with Crippen molar-refractivity contribution < 1.29 is 28.7 Å². The standard InChI is InChI=1S/C17H15NO7/c1-23-8-9-24-16(19)13-5-3-7-15(11-13)25-17(20)12-4-2-6-14(10-12)18(21)22/h2-7,10-11H,8-9H2,1H3. The minimum Gasteiger partial charge on any atom is -0.460 e. The van der Waals surface area contributed by atoms with Crippen LogP contribution in [-0.4, -0.2) is 37.2 Å². The SMILES string of the molecule is COCCOC(=O)c1cccc(OC(=O)c2cccc([N+](=O)[O-])c2)c1. The number of nitro groups is 1. The summed E-state index contributed by atoms with van der Waals surface area (Å²) in [5.41, 5.74) is 0.0210. The second-order valence-corrected chi connectivity index (χ2v) is 4.85. The second kappa shape index (κ2) is 8.55. The van der Waals surface area contributed by atoms with E-state index in [1.54, 1.807) is 0 Å². The smallest absolute Gasteiger partial charge is 0.343 e. The van der Waals surface area contributed by atoms with E-state index in [4.69, 9.17) is 14.2 Å². The van der Waals surface area contributed by atoms with Gasteiger partial charge in [0.2, 0.25) is 0 Å². The molecule has 0 aliphatic rings. The second-order valence-electron chi connectivity index (χ2n) is 4.85. The first kappa shape index (κ1) is 18.1. The van der Waals surface area contributed by atoms with Crippen LogP contribution < -0.4 is 4.74 Å². The fourth-order valence-electron chi connectivity index (χ4n) is 1.90. The Morgan fingerprint density at radius 2 is 1.68 bits per heavy atom. The van der Waals surface area contributed by atoms with Crippen LogP contribution in [0.2, 0.25) is 0 Å². The van der Waals surface area contributed by atoms with Gasteiger partial charge in [-0.1, -0.05) is 12.1 Å². The number of carbonyl (C=O) groups is 2. The Balaban J connectivity index is 2.08. The normalized spacial score (nSPS) is 10.1. The fraction of sp³-hybridized carbons (Fsp3) is 0.176. The highest BCUT2D eigenvalue weighted by Crippen LogP contribution is 2.18. The third-order valence-electron chi connectivity index (χ3n) is 3.09. The molecule has 0 amide bonds. The molecule has 0 saturated heterocycles. The summed E-state index contributed by atoms with van der Waals surface area (Å²) in [6.07, 6.45) is 0. The van der Waals surface area contributed by atoms with Crippen LogP contribution >= 0.6 is 0 Å². The maximum atomic E-state index is 12.1. The zero-order valence-electron chi connectivity index (χ0n) is 13.3. The molecule has 0 aliphatic carbocycles. The molecule has 2 aromatic rings. The molecule has 0 heterocycles. The van der Waals surface area contributed by atoms with Gasteiger partial charge in [0.15, 0.2) is 0 Å². The summed E-state index contributed by atoms with van der Waals surface area (Å²) in [6.45, 7) is 0.375. The summed E-state index contributed by atoms with van der Waals surface area (Å²) in [5.74, 6) is -1.23. The lowest BCUT2D eigenvalue weighted by molar-refractivity contribution is -0.384. The van der Waals surface area contributed by atoms with Crippen LogP contribution in [-0.2, 0) is 9.47 Å². The van der Waals surface area contributed by atoms with Gasteiger partial charge in [0.25, 0.3) is 5.69 Å². The van der Waals surface area contributed by atoms with Crippen molar-refractivity contribution in [1.29, 1.82) is 0 Å². The molecule has 8 heteroatoms. The molecule has 0 unspecified atom stereocenters. The number of rotatable bonds is 7. The average molecular weight is 345 g/mol. The van der Waals surface area contributed by atoms with Crippen molar-refractivity contribution in [2.75, 3.05) is 20.3 Å². The molecular formula is C17H15NO7. The predicted molar refractivity (Wildman–Crippen MR) is 86.7 cm³/mol. The monoisotopic (exact) mass is 345 g/mol. The summed E-state index contributed by atoms with van der Waals surface area (Å²) >= 11 is 0. The van der Waals surface area contributed by atoms with E-state index in [0.717, 1.165) is 6.07 Å². The minimum atomic E-state index is -0.770. The van der Waals surface area contributed by atoms with E-state index in [-0.39, 0.29) is 35.8 Å². The molecule has 2 aromatic carbocycles. The van der Waals surface area contributed by atoms with Crippen molar-refractivity contribution >= 4 is 17.6 Å². The van der Waals surface area contributed by atoms with Crippen LogP contribution in [0.5, 0.6) is 5.75 Å². The number of benzene rings is 2. The van der Waals surface area contributed by atoms with E-state index in [9.17, 15) is 19.7 Å². The topological polar surface area (TPSA) is 105 Å². The Bertz CT molecular complexity index is 788. The highest BCUT2D eigenvalue weighted by Gasteiger charge is 2.15. The van der Waals surface area contributed by atoms with Crippen molar-refractivity contribution in [3.8, 4) is 5.75 Å². The summed E-state index contributed by atoms with van der Waals surface area (Å²) in [4.78, 5) is 34.1. The molecule has 0 spiro atoms. The Hall–Kier alpha value is -3.26. The first-order valence-electron chi connectivity index (χ1n) is 7.24. The number of hydrogen-bond acceptors (Lipinski definition) is 7. The summed E-state index contributed by atoms with van der Waals surface area (Å²) in [6, 6.07) is 11.1. The lowest BCUT2D eigenvalue weighted by atomic mass is 10.2. The van der Waals surface area contributed by atoms with Crippen LogP contribution in [0.15, 0.2) is 48.5 Å². The van der Waals surface area contributed by atoms with Crippen molar-refractivity contribution in [3.63, 3.8) is 0 Å². The van der Waals surface area contributed by atoms with Crippen LogP contribution in [0, 0.1) is 10.1 Å². The Kier molecular flexibility index (Phi) is 6.19. The van der Waals surface area contributed by atoms with E-state index >= 15 is 0 Å². The molecule has 0 N–H and O–H groups in total. The Morgan fingerprint density at radius 1 is 1.00 bits per heavy atom. The van der Waals surface area contributed by atoms with E-state index in [0.29, 0.717) is 0 Å². The molecular weight excluding hydrogens is 330 g/mol. The largest absolute Gasteiger partial charge is 0.460 e. The quantitative estimate of drug-likeness (QED) is 0.250. The molecule has 25 heavy (non-hydrogen) atoms. The maximum Gasteiger partial charge on any atom is 0.343 e. The number of non-ortho nitro benzene ring substituents is 1. The van der Waals surface area contributed by atoms with Gasteiger partial charge in [-0.05, 0) is 24.3 Å². The Labute approximate surface area is 143 Å². The third kappa shape index (κ3) is 5.11. The zero-order valence-corrected chi connectivity index (χ0v) is 13.3. The third-order valence-corrected chi connectivity index (χ3v) is 3.09. The van der Waals surface area contributed by atoms with Crippen molar-refractivity contribution in [3.05, 3.63) is 69.8 Å². The minimum absolute atomic E-state index is 0.0299. The van der Waals surface area contributed by atoms with Crippen LogP contribution in [0.1, 0.15) is 20.7 Å². The van der Waals surface area contributed by atoms with Gasteiger partial charge in [-0.2, -0.15) is 0 Å². The van der Waals surface area contributed by atoms with Crippen LogP contribution in [0.3, 0.4) is 0 Å². The first-order valence-corrected chi connectivity index (χ1v) is 7.24. The number of hydrogen-bond donors (Lipinski definition) is 0.